The van der Waals surface area contributed by atoms with E-state index in [-0.39, 0.29) is 11.8 Å². The smallest absolute Gasteiger partial charge is 0.228 e. The molecule has 1 heterocycles. The molecule has 3 aromatic carbocycles. The molecule has 1 fully saturated rings. The molecule has 4 rings (SSSR count). The maximum absolute atomic E-state index is 13.0. The van der Waals surface area contributed by atoms with E-state index >= 15 is 0 Å². The van der Waals surface area contributed by atoms with E-state index in [4.69, 9.17) is 16.3 Å². The SMILES string of the molecule is O=C(Nc1ccccc1Oc1ccccc1)[C@H]1CCCN(Cc2ccc(Cl)cc2)C1. The number of hydrogen-bond acceptors (Lipinski definition) is 3. The molecule has 3 aromatic rings. The summed E-state index contributed by atoms with van der Waals surface area (Å²) in [7, 11) is 0. The van der Waals surface area contributed by atoms with Crippen molar-refractivity contribution in [2.45, 2.75) is 19.4 Å². The minimum atomic E-state index is -0.0455. The summed E-state index contributed by atoms with van der Waals surface area (Å²) < 4.78 is 5.97. The molecule has 5 heteroatoms. The number of nitrogens with one attached hydrogen (secondary N) is 1. The van der Waals surface area contributed by atoms with Crippen LogP contribution in [0.3, 0.4) is 0 Å². The Balaban J connectivity index is 1.39. The van der Waals surface area contributed by atoms with Crippen LogP contribution in [0.5, 0.6) is 11.5 Å². The van der Waals surface area contributed by atoms with E-state index in [9.17, 15) is 4.79 Å². The van der Waals surface area contributed by atoms with E-state index < -0.39 is 0 Å². The number of carbonyl (C=O) groups excluding carboxylic acids is 1. The molecule has 1 N–H and O–H groups in total. The molecule has 1 aliphatic rings. The number of carbonyl (C=O) groups is 1. The predicted octanol–water partition coefficient (Wildman–Crippen LogP) is 5.98. The van der Waals surface area contributed by atoms with Gasteiger partial charge in [0.2, 0.25) is 5.91 Å². The first-order chi connectivity index (χ1) is 14.7. The zero-order valence-electron chi connectivity index (χ0n) is 16.8. The van der Waals surface area contributed by atoms with E-state index in [0.717, 1.165) is 43.2 Å². The third-order valence-electron chi connectivity index (χ3n) is 5.31. The molecular weight excluding hydrogens is 396 g/mol. The number of benzene rings is 3. The average molecular weight is 421 g/mol. The van der Waals surface area contributed by atoms with E-state index in [0.29, 0.717) is 11.4 Å². The van der Waals surface area contributed by atoms with E-state index in [2.05, 4.69) is 10.2 Å². The van der Waals surface area contributed by atoms with Crippen molar-refractivity contribution >= 4 is 23.2 Å². The molecule has 1 saturated heterocycles. The van der Waals surface area contributed by atoms with Crippen LogP contribution in [0, 0.1) is 5.92 Å². The summed E-state index contributed by atoms with van der Waals surface area (Å²) in [4.78, 5) is 15.3. The predicted molar refractivity (Wildman–Crippen MR) is 121 cm³/mol. The lowest BCUT2D eigenvalue weighted by molar-refractivity contribution is -0.121. The first-order valence-corrected chi connectivity index (χ1v) is 10.6. The molecule has 0 aromatic heterocycles. The Bertz CT molecular complexity index is 976. The molecule has 4 nitrogen and oxygen atoms in total. The Morgan fingerprint density at radius 3 is 2.53 bits per heavy atom. The summed E-state index contributed by atoms with van der Waals surface area (Å²) >= 11 is 5.98. The van der Waals surface area contributed by atoms with Crippen LogP contribution in [-0.2, 0) is 11.3 Å². The van der Waals surface area contributed by atoms with Crippen LogP contribution < -0.4 is 10.1 Å². The Labute approximate surface area is 182 Å². The highest BCUT2D eigenvalue weighted by molar-refractivity contribution is 6.30. The highest BCUT2D eigenvalue weighted by Gasteiger charge is 2.26. The fraction of sp³-hybridized carbons (Fsp3) is 0.240. The van der Waals surface area contributed by atoms with Crippen LogP contribution in [0.1, 0.15) is 18.4 Å². The minimum Gasteiger partial charge on any atom is -0.455 e. The lowest BCUT2D eigenvalue weighted by Gasteiger charge is -2.32. The van der Waals surface area contributed by atoms with Crippen molar-refractivity contribution < 1.29 is 9.53 Å². The van der Waals surface area contributed by atoms with Gasteiger partial charge in [-0.15, -0.1) is 0 Å². The molecule has 1 aliphatic heterocycles. The average Bonchev–Trinajstić information content (AvgIpc) is 2.78. The zero-order valence-corrected chi connectivity index (χ0v) is 17.5. The van der Waals surface area contributed by atoms with Gasteiger partial charge >= 0.3 is 0 Å². The van der Waals surface area contributed by atoms with Crippen molar-refractivity contribution in [3.63, 3.8) is 0 Å². The van der Waals surface area contributed by atoms with Crippen molar-refractivity contribution in [2.75, 3.05) is 18.4 Å². The molecule has 0 saturated carbocycles. The Hall–Kier alpha value is -2.82. The van der Waals surface area contributed by atoms with Crippen molar-refractivity contribution in [1.29, 1.82) is 0 Å². The molecule has 154 valence electrons. The number of hydrogen-bond donors (Lipinski definition) is 1. The number of ether oxygens (including phenoxy) is 1. The molecular formula is C25H25ClN2O2. The first-order valence-electron chi connectivity index (χ1n) is 10.3. The zero-order chi connectivity index (χ0) is 20.8. The number of likely N-dealkylation sites (tertiary alicyclic amines) is 1. The standard InChI is InChI=1S/C25H25ClN2O2/c26-21-14-12-19(13-15-21)17-28-16-6-7-20(18-28)25(29)27-23-10-4-5-11-24(23)30-22-8-2-1-3-9-22/h1-5,8-15,20H,6-7,16-18H2,(H,27,29)/t20-/m0/s1. The van der Waals surface area contributed by atoms with Gasteiger partial charge in [0.15, 0.2) is 5.75 Å². The minimum absolute atomic E-state index is 0.0416. The maximum atomic E-state index is 13.0. The van der Waals surface area contributed by atoms with E-state index in [1.165, 1.54) is 5.56 Å². The van der Waals surface area contributed by atoms with Gasteiger partial charge in [0.05, 0.1) is 11.6 Å². The second-order valence-electron chi connectivity index (χ2n) is 7.60. The van der Waals surface area contributed by atoms with Crippen LogP contribution in [-0.4, -0.2) is 23.9 Å². The molecule has 0 unspecified atom stereocenters. The maximum Gasteiger partial charge on any atom is 0.228 e. The summed E-state index contributed by atoms with van der Waals surface area (Å²) in [5, 5.41) is 3.83. The number of halogens is 1. The largest absolute Gasteiger partial charge is 0.455 e. The Morgan fingerprint density at radius 2 is 1.73 bits per heavy atom. The van der Waals surface area contributed by atoms with Gasteiger partial charge < -0.3 is 10.1 Å². The van der Waals surface area contributed by atoms with Gasteiger partial charge in [-0.2, -0.15) is 0 Å². The highest BCUT2D eigenvalue weighted by Crippen LogP contribution is 2.30. The second-order valence-corrected chi connectivity index (χ2v) is 8.04. The van der Waals surface area contributed by atoms with Crippen LogP contribution in [0.25, 0.3) is 0 Å². The van der Waals surface area contributed by atoms with Gasteiger partial charge in [-0.1, -0.05) is 54.1 Å². The van der Waals surface area contributed by atoms with Crippen molar-refractivity contribution in [2.24, 2.45) is 5.92 Å². The van der Waals surface area contributed by atoms with Crippen molar-refractivity contribution in [1.82, 2.24) is 4.90 Å². The molecule has 30 heavy (non-hydrogen) atoms. The molecule has 0 bridgehead atoms. The lowest BCUT2D eigenvalue weighted by atomic mass is 9.96. The number of amides is 1. The third kappa shape index (κ3) is 5.41. The summed E-state index contributed by atoms with van der Waals surface area (Å²) in [6.07, 6.45) is 1.90. The second kappa shape index (κ2) is 9.79. The van der Waals surface area contributed by atoms with Crippen LogP contribution in [0.15, 0.2) is 78.9 Å². The summed E-state index contributed by atoms with van der Waals surface area (Å²) in [6, 6.07) is 25.1. The van der Waals surface area contributed by atoms with Gasteiger partial charge in [0, 0.05) is 18.1 Å². The number of rotatable bonds is 6. The summed E-state index contributed by atoms with van der Waals surface area (Å²) in [5.74, 6) is 1.38. The topological polar surface area (TPSA) is 41.6 Å². The fourth-order valence-electron chi connectivity index (χ4n) is 3.77. The van der Waals surface area contributed by atoms with Crippen LogP contribution >= 0.6 is 11.6 Å². The normalized spacial score (nSPS) is 16.8. The number of piperidine rings is 1. The summed E-state index contributed by atoms with van der Waals surface area (Å²) in [5.41, 5.74) is 1.91. The summed E-state index contributed by atoms with van der Waals surface area (Å²) in [6.45, 7) is 2.57. The third-order valence-corrected chi connectivity index (χ3v) is 5.56. The first kappa shape index (κ1) is 20.5. The number of nitrogens with zero attached hydrogens (tertiary/aromatic N) is 1. The van der Waals surface area contributed by atoms with E-state index in [1.54, 1.807) is 0 Å². The Kier molecular flexibility index (Phi) is 6.67. The molecule has 0 aliphatic carbocycles. The molecule has 0 spiro atoms. The number of para-hydroxylation sites is 3. The monoisotopic (exact) mass is 420 g/mol. The van der Waals surface area contributed by atoms with Gasteiger partial charge in [0.25, 0.3) is 0 Å². The van der Waals surface area contributed by atoms with Crippen LogP contribution in [0.4, 0.5) is 5.69 Å². The molecule has 1 atom stereocenters. The molecule has 1 amide bonds. The van der Waals surface area contributed by atoms with E-state index in [1.807, 2.05) is 78.9 Å². The lowest BCUT2D eigenvalue weighted by Crippen LogP contribution is -2.40. The fourth-order valence-corrected chi connectivity index (χ4v) is 3.90. The van der Waals surface area contributed by atoms with Crippen LogP contribution in [0.2, 0.25) is 5.02 Å². The van der Waals surface area contributed by atoms with Gasteiger partial charge in [-0.25, -0.2) is 0 Å². The quantitative estimate of drug-likeness (QED) is 0.533. The highest BCUT2D eigenvalue weighted by atomic mass is 35.5. The van der Waals surface area contributed by atoms with Crippen molar-refractivity contribution in [3.05, 3.63) is 89.4 Å². The van der Waals surface area contributed by atoms with Crippen molar-refractivity contribution in [3.8, 4) is 11.5 Å². The van der Waals surface area contributed by atoms with Gasteiger partial charge in [-0.05, 0) is 61.3 Å². The molecule has 0 radical (unpaired) electrons. The van der Waals surface area contributed by atoms with Gasteiger partial charge in [0.1, 0.15) is 5.75 Å². The van der Waals surface area contributed by atoms with Gasteiger partial charge in [-0.3, -0.25) is 9.69 Å². The number of anilines is 1. The Morgan fingerprint density at radius 1 is 1.00 bits per heavy atom.